The van der Waals surface area contributed by atoms with Gasteiger partial charge < -0.3 is 16.0 Å². The number of benzene rings is 6. The minimum atomic E-state index is -0.647. The van der Waals surface area contributed by atoms with Crippen LogP contribution in [0.4, 0.5) is 15.8 Å². The van der Waals surface area contributed by atoms with Gasteiger partial charge in [-0.1, -0.05) is 115 Å². The largest absolute Gasteiger partial charge is 0.325 e. The zero-order valence-corrected chi connectivity index (χ0v) is 28.6. The summed E-state index contributed by atoms with van der Waals surface area (Å²) in [5.41, 5.74) is 4.94. The highest BCUT2D eigenvalue weighted by atomic mass is 35.5. The molecule has 3 N–H and O–H groups in total. The lowest BCUT2D eigenvalue weighted by atomic mass is 10.0. The third kappa shape index (κ3) is 9.39. The smallest absolute Gasteiger partial charge is 0.272 e. The molecule has 51 heavy (non-hydrogen) atoms. The van der Waals surface area contributed by atoms with Gasteiger partial charge in [0.1, 0.15) is 16.8 Å². The van der Waals surface area contributed by atoms with E-state index in [1.165, 1.54) is 30.0 Å². The number of anilines is 2. The predicted octanol–water partition coefficient (Wildman–Crippen LogP) is 10.0. The highest BCUT2D eigenvalue weighted by molar-refractivity contribution is 8.00. The number of amides is 3. The fraction of sp³-hybridized carbons (Fsp3) is 0.0238. The van der Waals surface area contributed by atoms with Crippen molar-refractivity contribution in [3.8, 4) is 11.1 Å². The second kappa shape index (κ2) is 16.6. The van der Waals surface area contributed by atoms with Crippen LogP contribution < -0.4 is 16.0 Å². The second-order valence-electron chi connectivity index (χ2n) is 11.4. The minimum Gasteiger partial charge on any atom is -0.325 e. The highest BCUT2D eigenvalue weighted by Crippen LogP contribution is 2.37. The Kier molecular flexibility index (Phi) is 11.4. The van der Waals surface area contributed by atoms with Gasteiger partial charge in [0.25, 0.3) is 11.8 Å². The lowest BCUT2D eigenvalue weighted by molar-refractivity contribution is -0.116. The molecule has 1 unspecified atom stereocenters. The molecule has 0 aromatic heterocycles. The van der Waals surface area contributed by atoms with Crippen LogP contribution >= 0.6 is 23.4 Å². The number of hydrogen-bond acceptors (Lipinski definition) is 4. The van der Waals surface area contributed by atoms with Crippen molar-refractivity contribution in [2.45, 2.75) is 10.1 Å². The average Bonchev–Trinajstić information content (AvgIpc) is 3.17. The van der Waals surface area contributed by atoms with Crippen LogP contribution in [0, 0.1) is 5.82 Å². The Balaban J connectivity index is 1.19. The third-order valence-electron chi connectivity index (χ3n) is 7.75. The number of thioether (sulfide) groups is 1. The molecule has 3 amide bonds. The second-order valence-corrected chi connectivity index (χ2v) is 13.0. The van der Waals surface area contributed by atoms with E-state index in [0.717, 1.165) is 27.1 Å². The van der Waals surface area contributed by atoms with Crippen molar-refractivity contribution in [3.05, 3.63) is 191 Å². The molecule has 0 aliphatic heterocycles. The first kappa shape index (κ1) is 34.9. The molecule has 6 rings (SSSR count). The average molecular weight is 712 g/mol. The molecule has 6 aromatic rings. The molecule has 252 valence electrons. The predicted molar refractivity (Wildman–Crippen MR) is 204 cm³/mol. The lowest BCUT2D eigenvalue weighted by Gasteiger charge is -2.18. The van der Waals surface area contributed by atoms with E-state index in [-0.39, 0.29) is 16.6 Å². The van der Waals surface area contributed by atoms with Crippen LogP contribution in [0.1, 0.15) is 26.7 Å². The fourth-order valence-corrected chi connectivity index (χ4v) is 6.35. The highest BCUT2D eigenvalue weighted by Gasteiger charge is 2.23. The van der Waals surface area contributed by atoms with Crippen LogP contribution in [-0.4, -0.2) is 17.7 Å². The fourth-order valence-electron chi connectivity index (χ4n) is 5.15. The number of carbonyl (C=O) groups is 3. The molecule has 6 aromatic carbocycles. The first-order valence-corrected chi connectivity index (χ1v) is 17.2. The molecule has 9 heteroatoms. The number of carbonyl (C=O) groups excluding carboxylic acids is 3. The van der Waals surface area contributed by atoms with Gasteiger partial charge in [-0.2, -0.15) is 0 Å². The summed E-state index contributed by atoms with van der Waals surface area (Å²) < 4.78 is 13.7. The van der Waals surface area contributed by atoms with E-state index < -0.39 is 22.9 Å². The summed E-state index contributed by atoms with van der Waals surface area (Å²) in [5, 5.41) is 7.75. The van der Waals surface area contributed by atoms with Gasteiger partial charge in [-0.05, 0) is 82.9 Å². The van der Waals surface area contributed by atoms with Crippen LogP contribution in [0.5, 0.6) is 0 Å². The number of hydrogen-bond donors (Lipinski definition) is 3. The summed E-state index contributed by atoms with van der Waals surface area (Å²) in [5.74, 6) is -1.81. The number of rotatable bonds is 11. The monoisotopic (exact) mass is 711 g/mol. The summed E-state index contributed by atoms with van der Waals surface area (Å²) in [4.78, 5) is 41.0. The van der Waals surface area contributed by atoms with E-state index in [4.69, 9.17) is 11.6 Å². The molecule has 0 fully saturated rings. The van der Waals surface area contributed by atoms with Crippen LogP contribution in [0.25, 0.3) is 17.2 Å². The standard InChI is InChI=1S/C42H31ClFN3O3S/c43-36-27-34(22-25-37(36)44)46-42(50)39(31-12-6-2-7-13-31)51-35-23-20-33(21-24-35)45-41(49)38(47-40(48)32-14-8-3-9-15-32)26-28-16-18-30(19-17-28)29-10-4-1-5-11-29/h1-27,39H,(H,45,49)(H,46,50)(H,47,48)/b38-26-. The molecule has 0 aliphatic carbocycles. The molecular formula is C42H31ClFN3O3S. The van der Waals surface area contributed by atoms with Gasteiger partial charge in [0.15, 0.2) is 0 Å². The Hall–Kier alpha value is -5.96. The molecule has 0 saturated carbocycles. The van der Waals surface area contributed by atoms with Crippen LogP contribution in [0.3, 0.4) is 0 Å². The van der Waals surface area contributed by atoms with Gasteiger partial charge in [-0.3, -0.25) is 14.4 Å². The molecule has 0 heterocycles. The molecule has 0 bridgehead atoms. The maximum absolute atomic E-state index is 13.7. The van der Waals surface area contributed by atoms with Crippen molar-refractivity contribution in [1.82, 2.24) is 5.32 Å². The zero-order valence-electron chi connectivity index (χ0n) is 27.1. The lowest BCUT2D eigenvalue weighted by Crippen LogP contribution is -2.30. The van der Waals surface area contributed by atoms with Crippen molar-refractivity contribution in [2.75, 3.05) is 10.6 Å². The number of nitrogens with one attached hydrogen (secondary N) is 3. The Bertz CT molecular complexity index is 2160. The molecule has 6 nitrogen and oxygen atoms in total. The van der Waals surface area contributed by atoms with E-state index in [2.05, 4.69) is 16.0 Å². The van der Waals surface area contributed by atoms with Gasteiger partial charge in [0.2, 0.25) is 5.91 Å². The quantitative estimate of drug-likeness (QED) is 0.0922. The van der Waals surface area contributed by atoms with Crippen molar-refractivity contribution >= 4 is 58.5 Å². The summed E-state index contributed by atoms with van der Waals surface area (Å²) in [6.45, 7) is 0. The van der Waals surface area contributed by atoms with Gasteiger partial charge >= 0.3 is 0 Å². The van der Waals surface area contributed by atoms with Crippen molar-refractivity contribution in [3.63, 3.8) is 0 Å². The summed E-state index contributed by atoms with van der Waals surface area (Å²) in [7, 11) is 0. The minimum absolute atomic E-state index is 0.0662. The topological polar surface area (TPSA) is 87.3 Å². The molecule has 0 radical (unpaired) electrons. The van der Waals surface area contributed by atoms with Crippen molar-refractivity contribution < 1.29 is 18.8 Å². The molecule has 0 aliphatic rings. The van der Waals surface area contributed by atoms with Crippen molar-refractivity contribution in [1.29, 1.82) is 0 Å². The van der Waals surface area contributed by atoms with Crippen LogP contribution in [-0.2, 0) is 9.59 Å². The Morgan fingerprint density at radius 2 is 1.24 bits per heavy atom. The van der Waals surface area contributed by atoms with E-state index in [9.17, 15) is 18.8 Å². The SMILES string of the molecule is O=C(Nc1ccc(SC(C(=O)Nc2ccc(F)c(Cl)c2)c2ccccc2)cc1)/C(=C/c1ccc(-c2ccccc2)cc1)NC(=O)c1ccccc1. The van der Waals surface area contributed by atoms with E-state index in [1.807, 2.05) is 91.0 Å². The maximum atomic E-state index is 13.7. The van der Waals surface area contributed by atoms with E-state index in [1.54, 1.807) is 54.6 Å². The Morgan fingerprint density at radius 3 is 1.88 bits per heavy atom. The molecule has 0 spiro atoms. The molecule has 0 saturated heterocycles. The summed E-state index contributed by atoms with van der Waals surface area (Å²) >= 11 is 7.25. The van der Waals surface area contributed by atoms with Crippen LogP contribution in [0.15, 0.2) is 168 Å². The molecular weight excluding hydrogens is 681 g/mol. The Morgan fingerprint density at radius 1 is 0.647 bits per heavy atom. The molecule has 1 atom stereocenters. The zero-order chi connectivity index (χ0) is 35.6. The van der Waals surface area contributed by atoms with Crippen LogP contribution in [0.2, 0.25) is 5.02 Å². The first-order valence-electron chi connectivity index (χ1n) is 15.9. The van der Waals surface area contributed by atoms with E-state index in [0.29, 0.717) is 16.9 Å². The van der Waals surface area contributed by atoms with Crippen molar-refractivity contribution in [2.24, 2.45) is 0 Å². The summed E-state index contributed by atoms with van der Waals surface area (Å²) in [6, 6.07) is 46.7. The van der Waals surface area contributed by atoms with Gasteiger partial charge in [0.05, 0.1) is 5.02 Å². The Labute approximate surface area is 304 Å². The normalized spacial score (nSPS) is 11.7. The number of halogens is 2. The van der Waals surface area contributed by atoms with Gasteiger partial charge in [-0.25, -0.2) is 4.39 Å². The summed E-state index contributed by atoms with van der Waals surface area (Å²) in [6.07, 6.45) is 1.63. The van der Waals surface area contributed by atoms with Gasteiger partial charge in [-0.15, -0.1) is 11.8 Å². The third-order valence-corrected chi connectivity index (χ3v) is 9.31. The first-order chi connectivity index (χ1) is 24.8. The van der Waals surface area contributed by atoms with Gasteiger partial charge in [0, 0.05) is 21.8 Å². The van der Waals surface area contributed by atoms with E-state index >= 15 is 0 Å². The maximum Gasteiger partial charge on any atom is 0.272 e.